The molecule has 1 rings (SSSR count). The largest absolute Gasteiger partial charge is 0.481 e. The van der Waals surface area contributed by atoms with E-state index >= 15 is 0 Å². The number of carbonyl (C=O) groups is 1. The zero-order chi connectivity index (χ0) is 21.9. The highest BCUT2D eigenvalue weighted by Crippen LogP contribution is 2.21. The van der Waals surface area contributed by atoms with Crippen LogP contribution in [0.15, 0.2) is 17.1 Å². The van der Waals surface area contributed by atoms with Crippen molar-refractivity contribution in [3.8, 4) is 0 Å². The summed E-state index contributed by atoms with van der Waals surface area (Å²) < 4.78 is 0.589. The van der Waals surface area contributed by atoms with Gasteiger partial charge in [-0.2, -0.15) is 0 Å². The van der Waals surface area contributed by atoms with Crippen LogP contribution in [0.2, 0.25) is 0 Å². The smallest absolute Gasteiger partial charge is 0.309 e. The van der Waals surface area contributed by atoms with Crippen molar-refractivity contribution in [1.29, 1.82) is 0 Å². The lowest BCUT2D eigenvalue weighted by Gasteiger charge is -2.34. The fraction of sp³-hybridized carbons (Fsp3) is 0.840. The highest BCUT2D eigenvalue weighted by molar-refractivity contribution is 5.77. The Balaban J connectivity index is 2.06. The monoisotopic (exact) mass is 423 g/mol. The van der Waals surface area contributed by atoms with Crippen molar-refractivity contribution in [2.75, 3.05) is 32.8 Å². The van der Waals surface area contributed by atoms with Gasteiger partial charge in [-0.1, -0.05) is 70.4 Å². The van der Waals surface area contributed by atoms with E-state index in [-0.39, 0.29) is 13.0 Å². The summed E-state index contributed by atoms with van der Waals surface area (Å²) in [5.41, 5.74) is 0. The number of allylic oxidation sites excluding steroid dienone is 2. The number of aliphatic carboxylic acids is 1. The van der Waals surface area contributed by atoms with E-state index in [0.717, 1.165) is 31.8 Å². The normalized spacial score (nSPS) is 18.9. The van der Waals surface area contributed by atoms with Crippen LogP contribution in [0.3, 0.4) is 0 Å². The summed E-state index contributed by atoms with van der Waals surface area (Å²) in [6.07, 6.45) is 22.6. The SMILES string of the molecule is CCCCCCCC/C=C/CCCCCCCC1=NCC[N+]1(CCO)CCC(=O)O. The summed E-state index contributed by atoms with van der Waals surface area (Å²) in [5, 5.41) is 18.5. The number of hydrogen-bond acceptors (Lipinski definition) is 3. The predicted molar refractivity (Wildman–Crippen MR) is 126 cm³/mol. The molecule has 0 saturated heterocycles. The number of aliphatic hydroxyl groups excluding tert-OH is 1. The first kappa shape index (κ1) is 26.8. The first-order valence-electron chi connectivity index (χ1n) is 12.5. The van der Waals surface area contributed by atoms with E-state index in [1.807, 2.05) is 0 Å². The molecule has 0 spiro atoms. The van der Waals surface area contributed by atoms with Gasteiger partial charge in [0.15, 0.2) is 5.84 Å². The maximum atomic E-state index is 11.0. The minimum absolute atomic E-state index is 0.0883. The third-order valence-electron chi connectivity index (χ3n) is 6.31. The molecule has 1 atom stereocenters. The van der Waals surface area contributed by atoms with Crippen LogP contribution in [0.1, 0.15) is 103 Å². The van der Waals surface area contributed by atoms with E-state index in [9.17, 15) is 9.90 Å². The molecule has 1 unspecified atom stereocenters. The minimum atomic E-state index is -0.766. The number of aliphatic imine (C=N–C) groups is 1. The van der Waals surface area contributed by atoms with E-state index in [1.54, 1.807) is 0 Å². The molecule has 0 aromatic rings. The van der Waals surface area contributed by atoms with Crippen LogP contribution in [-0.4, -0.2) is 59.3 Å². The second kappa shape index (κ2) is 17.5. The van der Waals surface area contributed by atoms with Crippen LogP contribution >= 0.6 is 0 Å². The molecule has 0 amide bonds. The van der Waals surface area contributed by atoms with Gasteiger partial charge in [0.05, 0.1) is 26.1 Å². The molecular weight excluding hydrogens is 376 g/mol. The molecule has 5 nitrogen and oxygen atoms in total. The predicted octanol–water partition coefficient (Wildman–Crippen LogP) is 5.72. The first-order chi connectivity index (χ1) is 14.6. The maximum absolute atomic E-state index is 11.0. The van der Waals surface area contributed by atoms with Crippen LogP contribution in [0, 0.1) is 0 Å². The molecule has 2 N–H and O–H groups in total. The Bertz CT molecular complexity index is 505. The van der Waals surface area contributed by atoms with Gasteiger partial charge in [0.2, 0.25) is 0 Å². The zero-order valence-corrected chi connectivity index (χ0v) is 19.5. The Hall–Kier alpha value is -1.20. The average molecular weight is 424 g/mol. The van der Waals surface area contributed by atoms with Crippen molar-refractivity contribution in [2.24, 2.45) is 4.99 Å². The summed E-state index contributed by atoms with van der Waals surface area (Å²) in [6, 6.07) is 0. The van der Waals surface area contributed by atoms with Gasteiger partial charge in [0.1, 0.15) is 13.1 Å². The number of amidine groups is 1. The third-order valence-corrected chi connectivity index (χ3v) is 6.31. The highest BCUT2D eigenvalue weighted by Gasteiger charge is 2.37. The van der Waals surface area contributed by atoms with Crippen molar-refractivity contribution in [3.05, 3.63) is 12.2 Å². The lowest BCUT2D eigenvalue weighted by Crippen LogP contribution is -2.53. The van der Waals surface area contributed by atoms with Crippen molar-refractivity contribution in [2.45, 2.75) is 103 Å². The Kier molecular flexibility index (Phi) is 15.6. The number of quaternary nitrogens is 1. The molecule has 1 heterocycles. The number of carboxylic acids is 1. The number of carboxylic acid groups (broad SMARTS) is 1. The summed E-state index contributed by atoms with van der Waals surface area (Å²) >= 11 is 0. The van der Waals surface area contributed by atoms with Crippen molar-refractivity contribution < 1.29 is 19.5 Å². The minimum Gasteiger partial charge on any atom is -0.481 e. The standard InChI is InChI=1S/C25H46N2O3/c1-2-3-4-5-6-7-8-9-10-11-12-13-14-15-16-17-24-26-19-21-27(24,22-23-28)20-18-25(29)30/h9-10,28H,2-8,11-23H2,1H3/p+1/b10-9+. The van der Waals surface area contributed by atoms with Crippen molar-refractivity contribution in [3.63, 3.8) is 0 Å². The highest BCUT2D eigenvalue weighted by atomic mass is 16.4. The van der Waals surface area contributed by atoms with Gasteiger partial charge in [0.25, 0.3) is 0 Å². The van der Waals surface area contributed by atoms with Gasteiger partial charge < -0.3 is 10.2 Å². The summed E-state index contributed by atoms with van der Waals surface area (Å²) in [4.78, 5) is 15.7. The van der Waals surface area contributed by atoms with Crippen LogP contribution in [0.25, 0.3) is 0 Å². The maximum Gasteiger partial charge on any atom is 0.309 e. The van der Waals surface area contributed by atoms with Crippen LogP contribution in [0.5, 0.6) is 0 Å². The van der Waals surface area contributed by atoms with E-state index in [1.165, 1.54) is 77.0 Å². The molecule has 0 aliphatic carbocycles. The van der Waals surface area contributed by atoms with E-state index in [2.05, 4.69) is 24.1 Å². The van der Waals surface area contributed by atoms with Crippen LogP contribution in [0.4, 0.5) is 0 Å². The van der Waals surface area contributed by atoms with E-state index in [0.29, 0.717) is 17.6 Å². The fourth-order valence-electron chi connectivity index (χ4n) is 4.41. The van der Waals surface area contributed by atoms with Crippen molar-refractivity contribution in [1.82, 2.24) is 0 Å². The summed E-state index contributed by atoms with van der Waals surface area (Å²) in [5.74, 6) is 0.348. The lowest BCUT2D eigenvalue weighted by molar-refractivity contribution is -0.836. The van der Waals surface area contributed by atoms with Crippen LogP contribution in [-0.2, 0) is 4.79 Å². The molecule has 0 bridgehead atoms. The Labute approximate surface area is 184 Å². The molecule has 0 aromatic carbocycles. The van der Waals surface area contributed by atoms with Gasteiger partial charge in [-0.15, -0.1) is 0 Å². The number of hydrogen-bond donors (Lipinski definition) is 2. The second-order valence-corrected chi connectivity index (χ2v) is 8.82. The Morgan fingerprint density at radius 1 is 0.933 bits per heavy atom. The number of aliphatic hydroxyl groups is 1. The van der Waals surface area contributed by atoms with E-state index in [4.69, 9.17) is 5.11 Å². The second-order valence-electron chi connectivity index (χ2n) is 8.82. The fourth-order valence-corrected chi connectivity index (χ4v) is 4.41. The van der Waals surface area contributed by atoms with Gasteiger partial charge >= 0.3 is 5.97 Å². The molecule has 0 saturated carbocycles. The first-order valence-corrected chi connectivity index (χ1v) is 12.5. The van der Waals surface area contributed by atoms with Gasteiger partial charge in [-0.25, -0.2) is 4.99 Å². The number of nitrogens with zero attached hydrogens (tertiary/aromatic N) is 2. The molecular formula is C25H47N2O3+. The quantitative estimate of drug-likeness (QED) is 0.149. The molecule has 1 aliphatic rings. The molecule has 30 heavy (non-hydrogen) atoms. The molecule has 0 radical (unpaired) electrons. The Morgan fingerprint density at radius 2 is 1.53 bits per heavy atom. The number of rotatable bonds is 20. The molecule has 5 heteroatoms. The van der Waals surface area contributed by atoms with Gasteiger partial charge in [0, 0.05) is 6.42 Å². The molecule has 0 fully saturated rings. The van der Waals surface area contributed by atoms with Gasteiger partial charge in [-0.05, 0) is 32.1 Å². The lowest BCUT2D eigenvalue weighted by atomic mass is 10.1. The van der Waals surface area contributed by atoms with Gasteiger partial charge in [-0.3, -0.25) is 9.28 Å². The zero-order valence-electron chi connectivity index (χ0n) is 19.5. The van der Waals surface area contributed by atoms with Crippen LogP contribution < -0.4 is 0 Å². The molecule has 174 valence electrons. The van der Waals surface area contributed by atoms with E-state index < -0.39 is 5.97 Å². The average Bonchev–Trinajstić information content (AvgIpc) is 3.12. The molecule has 0 aromatic heterocycles. The summed E-state index contributed by atoms with van der Waals surface area (Å²) in [6.45, 7) is 5.11. The Morgan fingerprint density at radius 3 is 2.13 bits per heavy atom. The molecule has 1 aliphatic heterocycles. The topological polar surface area (TPSA) is 69.9 Å². The van der Waals surface area contributed by atoms with Crippen molar-refractivity contribution >= 4 is 11.8 Å². The summed E-state index contributed by atoms with van der Waals surface area (Å²) in [7, 11) is 0. The number of unbranched alkanes of at least 4 members (excludes halogenated alkanes) is 11. The third kappa shape index (κ3) is 11.8.